The van der Waals surface area contributed by atoms with Crippen molar-refractivity contribution in [3.8, 4) is 0 Å². The van der Waals surface area contributed by atoms with Crippen LogP contribution in [0.2, 0.25) is 0 Å². The van der Waals surface area contributed by atoms with Crippen LogP contribution >= 0.6 is 0 Å². The number of amides is 1. The van der Waals surface area contributed by atoms with Crippen LogP contribution in [0.4, 0.5) is 17.1 Å². The number of nitrogens with zero attached hydrogens (tertiary/aromatic N) is 2. The number of rotatable bonds is 8. The van der Waals surface area contributed by atoms with E-state index in [1.807, 2.05) is 24.5 Å². The first-order valence-corrected chi connectivity index (χ1v) is 18.0. The minimum atomic E-state index is -4.03. The molecule has 1 saturated heterocycles. The van der Waals surface area contributed by atoms with Gasteiger partial charge in [0.1, 0.15) is 5.78 Å². The second kappa shape index (κ2) is 11.2. The average molecular weight is 657 g/mol. The van der Waals surface area contributed by atoms with Gasteiger partial charge in [-0.2, -0.15) is 0 Å². The molecular weight excluding hydrogens is 616 g/mol. The molecule has 3 aromatic rings. The summed E-state index contributed by atoms with van der Waals surface area (Å²) < 4.78 is 32.7. The standard InChI is InChI=1S/C36H40N4O6S/c1-22(41)24-6-4-7-28(15-24)37-34(44)25-10-11-31(39-18-23-14-26(20-39)30-8-5-9-33(43)40(30)19-23)29(16-25)38-47(45,46)21-36-13-12-27(17-32(36)42)35(36,2)3/h4-11,15-16,23,26-27,38H,12-14,17-21H2,1-3H3,(H,37,44)/t23-,26+,27+,36+/m1/s1. The van der Waals surface area contributed by atoms with Crippen LogP contribution in [0.1, 0.15) is 78.8 Å². The lowest BCUT2D eigenvalue weighted by molar-refractivity contribution is -0.128. The van der Waals surface area contributed by atoms with Crippen molar-refractivity contribution in [1.29, 1.82) is 0 Å². The second-order valence-electron chi connectivity index (χ2n) is 14.5. The van der Waals surface area contributed by atoms with Crippen molar-refractivity contribution in [2.24, 2.45) is 22.7 Å². The smallest absolute Gasteiger partial charge is 0.255 e. The largest absolute Gasteiger partial charge is 0.369 e. The molecule has 3 heterocycles. The van der Waals surface area contributed by atoms with Gasteiger partial charge in [-0.3, -0.25) is 23.9 Å². The average Bonchev–Trinajstić information content (AvgIpc) is 3.35. The van der Waals surface area contributed by atoms with Crippen LogP contribution in [0.5, 0.6) is 0 Å². The molecule has 4 bridgehead atoms. The number of fused-ring (bicyclic) bond motifs is 6. The highest BCUT2D eigenvalue weighted by Crippen LogP contribution is 2.64. The predicted molar refractivity (Wildman–Crippen MR) is 181 cm³/mol. The number of carbonyl (C=O) groups excluding carboxylic acids is 3. The molecule has 0 unspecified atom stereocenters. The van der Waals surface area contributed by atoms with Crippen molar-refractivity contribution in [3.05, 3.63) is 87.8 Å². The number of hydrogen-bond donors (Lipinski definition) is 2. The molecule has 2 N–H and O–H groups in total. The summed E-state index contributed by atoms with van der Waals surface area (Å²) in [4.78, 5) is 53.3. The van der Waals surface area contributed by atoms with Gasteiger partial charge in [0, 0.05) is 60.5 Å². The van der Waals surface area contributed by atoms with E-state index < -0.39 is 26.8 Å². The first-order chi connectivity index (χ1) is 22.3. The van der Waals surface area contributed by atoms with Crippen LogP contribution in [-0.4, -0.2) is 49.3 Å². The van der Waals surface area contributed by atoms with Gasteiger partial charge in [-0.1, -0.05) is 32.0 Å². The predicted octanol–water partition coefficient (Wildman–Crippen LogP) is 5.06. The lowest BCUT2D eigenvalue weighted by Gasteiger charge is -2.44. The maximum absolute atomic E-state index is 14.0. The maximum Gasteiger partial charge on any atom is 0.255 e. The van der Waals surface area contributed by atoms with Gasteiger partial charge in [0.25, 0.3) is 11.5 Å². The van der Waals surface area contributed by atoms with Crippen molar-refractivity contribution in [1.82, 2.24) is 4.57 Å². The molecule has 2 aromatic carbocycles. The van der Waals surface area contributed by atoms with Crippen LogP contribution in [0.25, 0.3) is 0 Å². The van der Waals surface area contributed by atoms with E-state index in [2.05, 4.69) is 14.9 Å². The van der Waals surface area contributed by atoms with Gasteiger partial charge >= 0.3 is 0 Å². The van der Waals surface area contributed by atoms with E-state index in [1.54, 1.807) is 54.6 Å². The molecule has 11 heteroatoms. The zero-order chi connectivity index (χ0) is 33.3. The van der Waals surface area contributed by atoms with E-state index in [4.69, 9.17) is 0 Å². The van der Waals surface area contributed by atoms with Crippen LogP contribution in [0, 0.1) is 22.7 Å². The Hall–Kier alpha value is -4.25. The van der Waals surface area contributed by atoms with Crippen LogP contribution in [0.3, 0.4) is 0 Å². The molecule has 246 valence electrons. The Kier molecular flexibility index (Phi) is 7.46. The molecule has 0 spiro atoms. The van der Waals surface area contributed by atoms with Crippen molar-refractivity contribution in [3.63, 3.8) is 0 Å². The number of hydrogen-bond acceptors (Lipinski definition) is 7. The molecular formula is C36H40N4O6S. The number of aromatic nitrogens is 1. The Bertz CT molecular complexity index is 1980. The number of ketones is 2. The fourth-order valence-corrected chi connectivity index (χ4v) is 10.7. The monoisotopic (exact) mass is 656 g/mol. The highest BCUT2D eigenvalue weighted by atomic mass is 32.2. The van der Waals surface area contributed by atoms with E-state index in [-0.39, 0.29) is 51.9 Å². The van der Waals surface area contributed by atoms with Gasteiger partial charge in [0.15, 0.2) is 5.78 Å². The number of anilines is 3. The van der Waals surface area contributed by atoms with Crippen LogP contribution in [0.15, 0.2) is 65.5 Å². The lowest BCUT2D eigenvalue weighted by atomic mass is 9.70. The highest BCUT2D eigenvalue weighted by Gasteiger charge is 2.65. The molecule has 1 aromatic heterocycles. The summed E-state index contributed by atoms with van der Waals surface area (Å²) in [6.45, 7) is 7.26. The minimum Gasteiger partial charge on any atom is -0.369 e. The van der Waals surface area contributed by atoms with E-state index in [1.165, 1.54) is 6.92 Å². The molecule has 7 rings (SSSR count). The van der Waals surface area contributed by atoms with Gasteiger partial charge in [-0.05, 0) is 79.8 Å². The molecule has 4 aliphatic rings. The van der Waals surface area contributed by atoms with Gasteiger partial charge in [-0.15, -0.1) is 0 Å². The molecule has 4 atom stereocenters. The van der Waals surface area contributed by atoms with Crippen molar-refractivity contribution in [2.75, 3.05) is 33.8 Å². The summed E-state index contributed by atoms with van der Waals surface area (Å²) in [7, 11) is -4.03. The number of piperidine rings is 1. The zero-order valence-electron chi connectivity index (χ0n) is 26.9. The number of pyridine rings is 1. The Balaban J connectivity index is 1.22. The summed E-state index contributed by atoms with van der Waals surface area (Å²) >= 11 is 0. The summed E-state index contributed by atoms with van der Waals surface area (Å²) in [5.41, 5.74) is 1.66. The molecule has 47 heavy (non-hydrogen) atoms. The first kappa shape index (κ1) is 31.4. The van der Waals surface area contributed by atoms with Gasteiger partial charge < -0.3 is 14.8 Å². The SMILES string of the molecule is CC(=O)c1cccc(NC(=O)c2ccc(N3C[C@H]4C[C@@H](C3)c3cccc(=O)n3C4)c(NS(=O)(=O)C[C@@]34CC[C@@H](CC3=O)C4(C)C)c2)c1. The number of carbonyl (C=O) groups is 3. The van der Waals surface area contributed by atoms with Gasteiger partial charge in [0.05, 0.1) is 22.5 Å². The fourth-order valence-electron chi connectivity index (χ4n) is 8.78. The topological polar surface area (TPSA) is 135 Å². The Morgan fingerprint density at radius 3 is 2.47 bits per heavy atom. The molecule has 2 saturated carbocycles. The summed E-state index contributed by atoms with van der Waals surface area (Å²) in [5, 5.41) is 2.83. The Morgan fingerprint density at radius 2 is 1.74 bits per heavy atom. The van der Waals surface area contributed by atoms with E-state index in [0.29, 0.717) is 49.4 Å². The first-order valence-electron chi connectivity index (χ1n) is 16.3. The van der Waals surface area contributed by atoms with Crippen molar-refractivity contribution in [2.45, 2.75) is 58.9 Å². The molecule has 1 amide bonds. The third-order valence-electron chi connectivity index (χ3n) is 11.4. The summed E-state index contributed by atoms with van der Waals surface area (Å²) in [6, 6.07) is 17.0. The molecule has 0 radical (unpaired) electrons. The Labute approximate surface area is 274 Å². The minimum absolute atomic E-state index is 0.0128. The van der Waals surface area contributed by atoms with E-state index in [0.717, 1.165) is 18.5 Å². The number of sulfonamides is 1. The van der Waals surface area contributed by atoms with Crippen molar-refractivity contribution < 1.29 is 22.8 Å². The number of benzene rings is 2. The normalized spacial score (nSPS) is 25.7. The number of Topliss-reactive ketones (excluding diaryl/α,β-unsaturated/α-hetero) is 2. The van der Waals surface area contributed by atoms with Gasteiger partial charge in [0.2, 0.25) is 10.0 Å². The maximum atomic E-state index is 14.0. The molecule has 3 fully saturated rings. The quantitative estimate of drug-likeness (QED) is 0.324. The van der Waals surface area contributed by atoms with E-state index in [9.17, 15) is 27.6 Å². The molecule has 2 aliphatic heterocycles. The van der Waals surface area contributed by atoms with Crippen LogP contribution in [-0.2, 0) is 21.4 Å². The van der Waals surface area contributed by atoms with Crippen molar-refractivity contribution >= 4 is 44.6 Å². The fraction of sp³-hybridized carbons (Fsp3) is 0.444. The summed E-state index contributed by atoms with van der Waals surface area (Å²) in [5.74, 6) is -0.418. The summed E-state index contributed by atoms with van der Waals surface area (Å²) in [6.07, 6.45) is 2.73. The second-order valence-corrected chi connectivity index (χ2v) is 16.2. The molecule has 10 nitrogen and oxygen atoms in total. The van der Waals surface area contributed by atoms with Gasteiger partial charge in [-0.25, -0.2) is 8.42 Å². The molecule has 2 aliphatic carbocycles. The van der Waals surface area contributed by atoms with Crippen LogP contribution < -0.4 is 20.5 Å². The third kappa shape index (κ3) is 5.38. The number of nitrogens with one attached hydrogen (secondary N) is 2. The van der Waals surface area contributed by atoms with E-state index >= 15 is 0 Å². The lowest BCUT2D eigenvalue weighted by Crippen LogP contribution is -2.47. The zero-order valence-corrected chi connectivity index (χ0v) is 27.7. The Morgan fingerprint density at radius 1 is 0.957 bits per heavy atom. The third-order valence-corrected chi connectivity index (χ3v) is 12.9. The highest BCUT2D eigenvalue weighted by molar-refractivity contribution is 7.92.